The highest BCUT2D eigenvalue weighted by atomic mass is 19.2. The monoisotopic (exact) mass is 267 g/mol. The van der Waals surface area contributed by atoms with Gasteiger partial charge in [0.25, 0.3) is 0 Å². The lowest BCUT2D eigenvalue weighted by Gasteiger charge is -2.27. The molecule has 2 nitrogen and oxygen atoms in total. The van der Waals surface area contributed by atoms with Crippen molar-refractivity contribution in [2.24, 2.45) is 11.3 Å². The molecule has 1 aliphatic rings. The average molecular weight is 267 g/mol. The molecule has 4 heteroatoms. The van der Waals surface area contributed by atoms with Crippen molar-refractivity contribution in [1.82, 2.24) is 5.32 Å². The second kappa shape index (κ2) is 4.29. The van der Waals surface area contributed by atoms with Gasteiger partial charge in [-0.1, -0.05) is 19.9 Å². The number of hydrogen-bond acceptors (Lipinski definition) is 1. The van der Waals surface area contributed by atoms with Gasteiger partial charge < -0.3 is 5.32 Å². The Balaban J connectivity index is 2.13. The van der Waals surface area contributed by atoms with Crippen LogP contribution in [0.4, 0.5) is 8.78 Å². The highest BCUT2D eigenvalue weighted by Crippen LogP contribution is 2.51. The van der Waals surface area contributed by atoms with Gasteiger partial charge in [-0.25, -0.2) is 8.78 Å². The van der Waals surface area contributed by atoms with Gasteiger partial charge in [0.2, 0.25) is 5.91 Å². The van der Waals surface area contributed by atoms with E-state index < -0.39 is 17.2 Å². The van der Waals surface area contributed by atoms with E-state index in [1.54, 1.807) is 13.8 Å². The van der Waals surface area contributed by atoms with Crippen LogP contribution in [0.2, 0.25) is 0 Å². The zero-order chi connectivity index (χ0) is 14.4. The molecule has 1 fully saturated rings. The van der Waals surface area contributed by atoms with Crippen LogP contribution in [0.3, 0.4) is 0 Å². The lowest BCUT2D eigenvalue weighted by atomic mass is 9.93. The van der Waals surface area contributed by atoms with Crippen LogP contribution in [0.5, 0.6) is 0 Å². The van der Waals surface area contributed by atoms with Crippen molar-refractivity contribution in [3.8, 4) is 0 Å². The zero-order valence-electron chi connectivity index (χ0n) is 11.7. The van der Waals surface area contributed by atoms with Gasteiger partial charge in [-0.15, -0.1) is 0 Å². The molecule has 1 saturated carbocycles. The van der Waals surface area contributed by atoms with Gasteiger partial charge in [0.05, 0.1) is 5.54 Å². The molecule has 0 radical (unpaired) electrons. The Hall–Kier alpha value is -1.45. The first-order valence-electron chi connectivity index (χ1n) is 6.41. The van der Waals surface area contributed by atoms with Crippen LogP contribution in [-0.4, -0.2) is 5.91 Å². The Morgan fingerprint density at radius 1 is 1.32 bits per heavy atom. The van der Waals surface area contributed by atoms with Crippen LogP contribution in [0, 0.1) is 23.0 Å². The lowest BCUT2D eigenvalue weighted by molar-refractivity contribution is -0.124. The first kappa shape index (κ1) is 14.0. The molecule has 0 aliphatic heterocycles. The highest BCUT2D eigenvalue weighted by molar-refractivity contribution is 5.83. The summed E-state index contributed by atoms with van der Waals surface area (Å²) in [5.41, 5.74) is -0.114. The van der Waals surface area contributed by atoms with Gasteiger partial charge >= 0.3 is 0 Å². The summed E-state index contributed by atoms with van der Waals surface area (Å²) in [6.45, 7) is 7.66. The molecule has 1 aromatic rings. The Morgan fingerprint density at radius 2 is 1.89 bits per heavy atom. The fourth-order valence-corrected chi connectivity index (χ4v) is 2.27. The van der Waals surface area contributed by atoms with Crippen molar-refractivity contribution in [3.05, 3.63) is 35.4 Å². The molecule has 1 aromatic carbocycles. The van der Waals surface area contributed by atoms with Crippen LogP contribution in [0.25, 0.3) is 0 Å². The van der Waals surface area contributed by atoms with Crippen molar-refractivity contribution in [2.75, 3.05) is 0 Å². The zero-order valence-corrected chi connectivity index (χ0v) is 11.7. The van der Waals surface area contributed by atoms with Crippen molar-refractivity contribution < 1.29 is 13.6 Å². The maximum Gasteiger partial charge on any atom is 0.224 e. The van der Waals surface area contributed by atoms with E-state index in [-0.39, 0.29) is 17.2 Å². The van der Waals surface area contributed by atoms with Crippen LogP contribution >= 0.6 is 0 Å². The summed E-state index contributed by atoms with van der Waals surface area (Å²) < 4.78 is 26.2. The Labute approximate surface area is 112 Å². The minimum atomic E-state index is -0.897. The molecular formula is C15H19F2NO. The average Bonchev–Trinajstić information content (AvgIpc) is 2.91. The molecule has 19 heavy (non-hydrogen) atoms. The summed E-state index contributed by atoms with van der Waals surface area (Å²) in [6.07, 6.45) is 0.868. The van der Waals surface area contributed by atoms with E-state index in [0.29, 0.717) is 5.56 Å². The molecule has 1 atom stereocenters. The predicted molar refractivity (Wildman–Crippen MR) is 69.4 cm³/mol. The molecule has 1 N–H and O–H groups in total. The van der Waals surface area contributed by atoms with Crippen molar-refractivity contribution in [3.63, 3.8) is 0 Å². The van der Waals surface area contributed by atoms with Crippen molar-refractivity contribution >= 4 is 5.91 Å². The second-order valence-corrected chi connectivity index (χ2v) is 6.49. The fraction of sp³-hybridized carbons (Fsp3) is 0.533. The summed E-state index contributed by atoms with van der Waals surface area (Å²) in [6, 6.07) is 3.71. The highest BCUT2D eigenvalue weighted by Gasteiger charge is 2.51. The number of benzene rings is 1. The summed E-state index contributed by atoms with van der Waals surface area (Å²) in [5.74, 6) is -1.79. The van der Waals surface area contributed by atoms with Gasteiger partial charge in [0.15, 0.2) is 11.6 Å². The minimum absolute atomic E-state index is 0.0112. The van der Waals surface area contributed by atoms with E-state index in [2.05, 4.69) is 5.32 Å². The molecular weight excluding hydrogens is 248 g/mol. The van der Waals surface area contributed by atoms with Crippen LogP contribution in [0.1, 0.15) is 39.7 Å². The van der Waals surface area contributed by atoms with Crippen LogP contribution < -0.4 is 5.32 Å². The fourth-order valence-electron chi connectivity index (χ4n) is 2.27. The van der Waals surface area contributed by atoms with E-state index in [0.717, 1.165) is 18.6 Å². The first-order valence-corrected chi connectivity index (χ1v) is 6.41. The molecule has 0 heterocycles. The van der Waals surface area contributed by atoms with E-state index in [1.165, 1.54) is 6.07 Å². The Kier molecular flexibility index (Phi) is 3.15. The molecule has 1 amide bonds. The number of halogens is 2. The lowest BCUT2D eigenvalue weighted by Crippen LogP contribution is -2.42. The molecule has 104 valence electrons. The smallest absolute Gasteiger partial charge is 0.224 e. The van der Waals surface area contributed by atoms with E-state index in [9.17, 15) is 13.6 Å². The molecule has 0 spiro atoms. The molecule has 0 bridgehead atoms. The first-order chi connectivity index (χ1) is 8.63. The van der Waals surface area contributed by atoms with Gasteiger partial charge in [0.1, 0.15) is 0 Å². The van der Waals surface area contributed by atoms with Crippen LogP contribution in [-0.2, 0) is 10.3 Å². The third-order valence-electron chi connectivity index (χ3n) is 3.91. The van der Waals surface area contributed by atoms with E-state index in [1.807, 2.05) is 13.8 Å². The number of nitrogens with one attached hydrogen (secondary N) is 1. The number of rotatable bonds is 3. The second-order valence-electron chi connectivity index (χ2n) is 6.49. The third-order valence-corrected chi connectivity index (χ3v) is 3.91. The normalized spacial score (nSPS) is 21.1. The number of amides is 1. The van der Waals surface area contributed by atoms with Gasteiger partial charge in [0, 0.05) is 5.92 Å². The number of hydrogen-bond donors (Lipinski definition) is 1. The number of carbonyl (C=O) groups is 1. The van der Waals surface area contributed by atoms with Crippen LogP contribution in [0.15, 0.2) is 18.2 Å². The van der Waals surface area contributed by atoms with Gasteiger partial charge in [-0.3, -0.25) is 4.79 Å². The maximum atomic E-state index is 13.3. The molecule has 0 aromatic heterocycles. The molecule has 2 rings (SSSR count). The Bertz CT molecular complexity index is 523. The maximum absolute atomic E-state index is 13.3. The summed E-state index contributed by atoms with van der Waals surface area (Å²) in [7, 11) is 0. The van der Waals surface area contributed by atoms with E-state index in [4.69, 9.17) is 0 Å². The predicted octanol–water partition coefficient (Wildman–Crippen LogP) is 3.36. The van der Waals surface area contributed by atoms with Gasteiger partial charge in [-0.2, -0.15) is 0 Å². The summed E-state index contributed by atoms with van der Waals surface area (Å²) in [5, 5.41) is 2.91. The Morgan fingerprint density at radius 3 is 2.37 bits per heavy atom. The summed E-state index contributed by atoms with van der Waals surface area (Å²) >= 11 is 0. The summed E-state index contributed by atoms with van der Waals surface area (Å²) in [4.78, 5) is 12.1. The van der Waals surface area contributed by atoms with Crippen molar-refractivity contribution in [2.45, 2.75) is 39.7 Å². The largest absolute Gasteiger partial charge is 0.347 e. The third kappa shape index (κ3) is 2.77. The topological polar surface area (TPSA) is 29.1 Å². The standard InChI is InChI=1S/C15H19F2NO/c1-14(2)8-10(14)13(19)18-15(3,4)9-5-6-11(16)12(17)7-9/h5-7,10H,8H2,1-4H3,(H,18,19)/t10-/m1/s1. The molecule has 0 saturated heterocycles. The molecule has 0 unspecified atom stereocenters. The SMILES string of the molecule is CC(C)(NC(=O)[C@H]1CC1(C)C)c1ccc(F)c(F)c1. The quantitative estimate of drug-likeness (QED) is 0.894. The molecule has 1 aliphatic carbocycles. The van der Waals surface area contributed by atoms with Gasteiger partial charge in [-0.05, 0) is 43.4 Å². The van der Waals surface area contributed by atoms with E-state index >= 15 is 0 Å². The number of carbonyl (C=O) groups excluding carboxylic acids is 1. The minimum Gasteiger partial charge on any atom is -0.347 e. The van der Waals surface area contributed by atoms with Crippen molar-refractivity contribution in [1.29, 1.82) is 0 Å².